The second-order valence-corrected chi connectivity index (χ2v) is 7.81. The summed E-state index contributed by atoms with van der Waals surface area (Å²) < 4.78 is 11.6. The first-order valence-corrected chi connectivity index (χ1v) is 10.2. The molecule has 0 aromatic heterocycles. The molecule has 2 nitrogen and oxygen atoms in total. The summed E-state index contributed by atoms with van der Waals surface area (Å²) in [6.45, 7) is 3.10. The topological polar surface area (TPSA) is 18.5 Å². The molecular formula is C23H34O2. The first-order valence-electron chi connectivity index (χ1n) is 10.2. The van der Waals surface area contributed by atoms with Crippen LogP contribution in [0.25, 0.3) is 0 Å². The van der Waals surface area contributed by atoms with Crippen molar-refractivity contribution < 1.29 is 9.47 Å². The molecule has 25 heavy (non-hydrogen) atoms. The van der Waals surface area contributed by atoms with Crippen LogP contribution >= 0.6 is 0 Å². The van der Waals surface area contributed by atoms with Crippen molar-refractivity contribution in [3.63, 3.8) is 0 Å². The van der Waals surface area contributed by atoms with Gasteiger partial charge in [0.25, 0.3) is 0 Å². The fourth-order valence-corrected chi connectivity index (χ4v) is 4.21. The van der Waals surface area contributed by atoms with Gasteiger partial charge in [-0.05, 0) is 62.0 Å². The van der Waals surface area contributed by atoms with Crippen LogP contribution in [0.15, 0.2) is 36.4 Å². The molecule has 2 atom stereocenters. The van der Waals surface area contributed by atoms with Crippen molar-refractivity contribution in [1.29, 1.82) is 0 Å². The number of hydrogen-bond donors (Lipinski definition) is 0. The molecule has 0 N–H and O–H groups in total. The van der Waals surface area contributed by atoms with Crippen LogP contribution in [0.1, 0.15) is 69.1 Å². The molecule has 1 saturated heterocycles. The molecule has 0 bridgehead atoms. The molecule has 1 saturated carbocycles. The summed E-state index contributed by atoms with van der Waals surface area (Å²) in [5.74, 6) is 1.34. The summed E-state index contributed by atoms with van der Waals surface area (Å²) >= 11 is 0. The quantitative estimate of drug-likeness (QED) is 0.602. The molecule has 2 heteroatoms. The number of allylic oxidation sites excluding steroid dienone is 1. The van der Waals surface area contributed by atoms with Gasteiger partial charge in [0.05, 0.1) is 18.8 Å². The number of ether oxygens (including phenoxy) is 2. The Labute approximate surface area is 153 Å². The van der Waals surface area contributed by atoms with Gasteiger partial charge in [0, 0.05) is 13.0 Å². The minimum Gasteiger partial charge on any atom is -0.381 e. The summed E-state index contributed by atoms with van der Waals surface area (Å²) in [5.41, 5.74) is 2.78. The molecule has 0 spiro atoms. The molecule has 138 valence electrons. The van der Waals surface area contributed by atoms with Crippen LogP contribution < -0.4 is 0 Å². The molecular weight excluding hydrogens is 308 g/mol. The zero-order valence-electron chi connectivity index (χ0n) is 16.0. The fourth-order valence-electron chi connectivity index (χ4n) is 4.21. The molecule has 3 rings (SSSR count). The molecule has 2 fully saturated rings. The van der Waals surface area contributed by atoms with E-state index < -0.39 is 0 Å². The van der Waals surface area contributed by atoms with E-state index in [1.807, 2.05) is 7.11 Å². The highest BCUT2D eigenvalue weighted by Gasteiger charge is 2.23. The van der Waals surface area contributed by atoms with Crippen molar-refractivity contribution in [3.05, 3.63) is 47.5 Å². The summed E-state index contributed by atoms with van der Waals surface area (Å²) in [5, 5.41) is 0. The van der Waals surface area contributed by atoms with Crippen LogP contribution in [0.5, 0.6) is 0 Å². The lowest BCUT2D eigenvalue weighted by Crippen LogP contribution is -2.21. The molecule has 0 amide bonds. The van der Waals surface area contributed by atoms with Gasteiger partial charge < -0.3 is 9.47 Å². The second-order valence-electron chi connectivity index (χ2n) is 7.81. The Bertz CT molecular complexity index is 518. The Kier molecular flexibility index (Phi) is 7.12. The summed E-state index contributed by atoms with van der Waals surface area (Å²) in [6.07, 6.45) is 15.4. The van der Waals surface area contributed by atoms with Crippen molar-refractivity contribution in [3.8, 4) is 0 Å². The SMILES string of the molecule is CCCc1ccc(C2CCC(/C=C/C3CCC(OC)CC3)CO2)cc1. The fraction of sp³-hybridized carbons (Fsp3) is 0.652. The van der Waals surface area contributed by atoms with Crippen molar-refractivity contribution in [2.45, 2.75) is 70.5 Å². The van der Waals surface area contributed by atoms with E-state index in [1.165, 1.54) is 56.1 Å². The maximum atomic E-state index is 6.18. The number of methoxy groups -OCH3 is 1. The standard InChI is InChI=1S/C23H34O2/c1-3-4-18-7-12-21(13-8-18)23-16-11-20(17-25-23)6-5-19-9-14-22(24-2)15-10-19/h5-8,12-13,19-20,22-23H,3-4,9-11,14-17H2,1-2H3/b6-5+. The molecule has 1 aromatic carbocycles. The number of benzene rings is 1. The number of hydrogen-bond acceptors (Lipinski definition) is 2. The highest BCUT2D eigenvalue weighted by atomic mass is 16.5. The average molecular weight is 343 g/mol. The number of rotatable bonds is 6. The molecule has 1 aliphatic heterocycles. The Morgan fingerprint density at radius 2 is 1.64 bits per heavy atom. The van der Waals surface area contributed by atoms with E-state index in [4.69, 9.17) is 9.47 Å². The van der Waals surface area contributed by atoms with E-state index in [-0.39, 0.29) is 6.10 Å². The lowest BCUT2D eigenvalue weighted by atomic mass is 9.85. The molecule has 1 heterocycles. The first-order chi connectivity index (χ1) is 12.3. The Morgan fingerprint density at radius 3 is 2.24 bits per heavy atom. The smallest absolute Gasteiger partial charge is 0.0825 e. The summed E-state index contributed by atoms with van der Waals surface area (Å²) in [7, 11) is 1.84. The average Bonchev–Trinajstić information content (AvgIpc) is 2.68. The first kappa shape index (κ1) is 18.7. The third-order valence-corrected chi connectivity index (χ3v) is 5.91. The lowest BCUT2D eigenvalue weighted by Gasteiger charge is -2.29. The third-order valence-electron chi connectivity index (χ3n) is 5.91. The molecule has 1 aliphatic carbocycles. The minimum atomic E-state index is 0.289. The van der Waals surface area contributed by atoms with E-state index >= 15 is 0 Å². The van der Waals surface area contributed by atoms with E-state index in [0.717, 1.165) is 18.9 Å². The second kappa shape index (κ2) is 9.54. The van der Waals surface area contributed by atoms with Crippen molar-refractivity contribution >= 4 is 0 Å². The molecule has 1 aromatic rings. The van der Waals surface area contributed by atoms with Crippen LogP contribution in [0.4, 0.5) is 0 Å². The zero-order valence-corrected chi connectivity index (χ0v) is 16.0. The molecule has 2 aliphatic rings. The van der Waals surface area contributed by atoms with Crippen LogP contribution in [-0.4, -0.2) is 19.8 Å². The zero-order chi connectivity index (χ0) is 17.5. The van der Waals surface area contributed by atoms with Crippen molar-refractivity contribution in [1.82, 2.24) is 0 Å². The van der Waals surface area contributed by atoms with Crippen LogP contribution in [0.2, 0.25) is 0 Å². The van der Waals surface area contributed by atoms with E-state index in [0.29, 0.717) is 12.0 Å². The minimum absolute atomic E-state index is 0.289. The van der Waals surface area contributed by atoms with Gasteiger partial charge in [0.1, 0.15) is 0 Å². The Hall–Kier alpha value is -1.12. The Morgan fingerprint density at radius 1 is 0.960 bits per heavy atom. The highest BCUT2D eigenvalue weighted by molar-refractivity contribution is 5.24. The highest BCUT2D eigenvalue weighted by Crippen LogP contribution is 2.32. The summed E-state index contributed by atoms with van der Waals surface area (Å²) in [6, 6.07) is 9.06. The van der Waals surface area contributed by atoms with Gasteiger partial charge in [-0.2, -0.15) is 0 Å². The third kappa shape index (κ3) is 5.43. The van der Waals surface area contributed by atoms with Crippen LogP contribution in [0, 0.1) is 11.8 Å². The molecule has 2 unspecified atom stereocenters. The Balaban J connectivity index is 1.43. The van der Waals surface area contributed by atoms with Gasteiger partial charge in [0.15, 0.2) is 0 Å². The van der Waals surface area contributed by atoms with Crippen molar-refractivity contribution in [2.24, 2.45) is 11.8 Å². The largest absolute Gasteiger partial charge is 0.381 e. The van der Waals surface area contributed by atoms with E-state index in [2.05, 4.69) is 43.3 Å². The lowest BCUT2D eigenvalue weighted by molar-refractivity contribution is -0.00542. The van der Waals surface area contributed by atoms with Gasteiger partial charge in [-0.15, -0.1) is 0 Å². The van der Waals surface area contributed by atoms with Gasteiger partial charge in [-0.1, -0.05) is 49.8 Å². The molecule has 0 radical (unpaired) electrons. The monoisotopic (exact) mass is 342 g/mol. The van der Waals surface area contributed by atoms with Crippen LogP contribution in [0.3, 0.4) is 0 Å². The maximum absolute atomic E-state index is 6.18. The summed E-state index contributed by atoms with van der Waals surface area (Å²) in [4.78, 5) is 0. The van der Waals surface area contributed by atoms with Gasteiger partial charge in [-0.3, -0.25) is 0 Å². The van der Waals surface area contributed by atoms with E-state index in [9.17, 15) is 0 Å². The van der Waals surface area contributed by atoms with Crippen LogP contribution in [-0.2, 0) is 15.9 Å². The van der Waals surface area contributed by atoms with Gasteiger partial charge in [-0.25, -0.2) is 0 Å². The van der Waals surface area contributed by atoms with Gasteiger partial charge in [0.2, 0.25) is 0 Å². The van der Waals surface area contributed by atoms with Crippen molar-refractivity contribution in [2.75, 3.05) is 13.7 Å². The normalized spacial score (nSPS) is 30.6. The predicted molar refractivity (Wildman–Crippen MR) is 104 cm³/mol. The predicted octanol–water partition coefficient (Wildman–Crippen LogP) is 5.87. The van der Waals surface area contributed by atoms with E-state index in [1.54, 1.807) is 0 Å². The maximum Gasteiger partial charge on any atom is 0.0825 e. The van der Waals surface area contributed by atoms with Gasteiger partial charge >= 0.3 is 0 Å². The number of aryl methyl sites for hydroxylation is 1.